The Kier molecular flexibility index (Phi) is 4.00. The molecule has 2 heterocycles. The summed E-state index contributed by atoms with van der Waals surface area (Å²) in [5.41, 5.74) is 2.76. The number of nitriles is 1. The molecule has 0 aliphatic carbocycles. The second-order valence-electron chi connectivity index (χ2n) is 6.34. The fourth-order valence-electron chi connectivity index (χ4n) is 2.72. The molecule has 2 aromatic rings. The number of hydrogen-bond donors (Lipinski definition) is 0. The van der Waals surface area contributed by atoms with Crippen molar-refractivity contribution < 1.29 is 4.74 Å². The van der Waals surface area contributed by atoms with Crippen LogP contribution in [0.3, 0.4) is 0 Å². The maximum absolute atomic E-state index is 9.20. The molecule has 0 saturated carbocycles. The predicted molar refractivity (Wildman–Crippen MR) is 85.1 cm³/mol. The van der Waals surface area contributed by atoms with Gasteiger partial charge in [-0.15, -0.1) is 0 Å². The maximum atomic E-state index is 9.20. The molecule has 114 valence electrons. The van der Waals surface area contributed by atoms with E-state index >= 15 is 0 Å². The molecule has 0 N–H and O–H groups in total. The molecule has 1 unspecified atom stereocenters. The molecule has 3 rings (SSSR count). The lowest BCUT2D eigenvalue weighted by Crippen LogP contribution is -2.18. The summed E-state index contributed by atoms with van der Waals surface area (Å²) in [5.74, 6) is 0. The second-order valence-corrected chi connectivity index (χ2v) is 6.34. The van der Waals surface area contributed by atoms with Crippen molar-refractivity contribution in [2.75, 3.05) is 6.61 Å². The standard InChI is InChI=1S/C18H21N3O/c1-18(2,13-19)16-8-6-14(7-9-16)15-11-20-21(12-15)17-5-3-4-10-22-17/h6-9,11-12,17H,3-5,10H2,1-2H3. The highest BCUT2D eigenvalue weighted by Gasteiger charge is 2.20. The molecule has 1 aliphatic rings. The quantitative estimate of drug-likeness (QED) is 0.858. The number of ether oxygens (including phenoxy) is 1. The van der Waals surface area contributed by atoms with E-state index in [0.29, 0.717) is 0 Å². The number of aromatic nitrogens is 2. The molecule has 4 nitrogen and oxygen atoms in total. The summed E-state index contributed by atoms with van der Waals surface area (Å²) in [5, 5.41) is 13.6. The minimum atomic E-state index is -0.460. The van der Waals surface area contributed by atoms with Crippen molar-refractivity contribution in [1.82, 2.24) is 9.78 Å². The molecular weight excluding hydrogens is 274 g/mol. The van der Waals surface area contributed by atoms with Crippen LogP contribution in [0.15, 0.2) is 36.7 Å². The van der Waals surface area contributed by atoms with Crippen molar-refractivity contribution in [3.8, 4) is 17.2 Å². The topological polar surface area (TPSA) is 50.8 Å². The molecule has 0 radical (unpaired) electrons. The summed E-state index contributed by atoms with van der Waals surface area (Å²) >= 11 is 0. The van der Waals surface area contributed by atoms with Crippen molar-refractivity contribution in [2.24, 2.45) is 0 Å². The Hall–Kier alpha value is -2.12. The zero-order valence-electron chi connectivity index (χ0n) is 13.1. The molecule has 1 aromatic heterocycles. The average molecular weight is 295 g/mol. The van der Waals surface area contributed by atoms with E-state index in [2.05, 4.69) is 23.3 Å². The van der Waals surface area contributed by atoms with Crippen LogP contribution < -0.4 is 0 Å². The minimum Gasteiger partial charge on any atom is -0.357 e. The molecule has 0 amide bonds. The van der Waals surface area contributed by atoms with Crippen molar-refractivity contribution in [2.45, 2.75) is 44.8 Å². The Bertz CT molecular complexity index is 673. The van der Waals surface area contributed by atoms with E-state index in [1.54, 1.807) is 0 Å². The van der Waals surface area contributed by atoms with Crippen LogP contribution in [0.4, 0.5) is 0 Å². The highest BCUT2D eigenvalue weighted by Crippen LogP contribution is 2.28. The van der Waals surface area contributed by atoms with Crippen LogP contribution in [0, 0.1) is 11.3 Å². The first-order valence-electron chi connectivity index (χ1n) is 7.78. The number of nitrogens with zero attached hydrogens (tertiary/aromatic N) is 3. The Balaban J connectivity index is 1.80. The monoisotopic (exact) mass is 295 g/mol. The van der Waals surface area contributed by atoms with Gasteiger partial charge in [-0.25, -0.2) is 4.68 Å². The molecule has 4 heteroatoms. The summed E-state index contributed by atoms with van der Waals surface area (Å²) in [4.78, 5) is 0. The van der Waals surface area contributed by atoms with E-state index in [1.807, 2.05) is 43.1 Å². The van der Waals surface area contributed by atoms with Gasteiger partial charge >= 0.3 is 0 Å². The molecule has 1 saturated heterocycles. The number of rotatable bonds is 3. The average Bonchev–Trinajstić information content (AvgIpc) is 3.06. The van der Waals surface area contributed by atoms with Crippen molar-refractivity contribution in [3.05, 3.63) is 42.2 Å². The Labute approximate surface area is 131 Å². The fourth-order valence-corrected chi connectivity index (χ4v) is 2.72. The minimum absolute atomic E-state index is 0.0688. The van der Waals surface area contributed by atoms with Gasteiger partial charge < -0.3 is 4.74 Å². The maximum Gasteiger partial charge on any atom is 0.150 e. The fraction of sp³-hybridized carbons (Fsp3) is 0.444. The summed E-state index contributed by atoms with van der Waals surface area (Å²) in [6.45, 7) is 4.68. The van der Waals surface area contributed by atoms with Crippen molar-refractivity contribution >= 4 is 0 Å². The molecule has 0 spiro atoms. The van der Waals surface area contributed by atoms with Crippen LogP contribution in [0.25, 0.3) is 11.1 Å². The first-order valence-corrected chi connectivity index (χ1v) is 7.78. The van der Waals surface area contributed by atoms with Gasteiger partial charge in [0.15, 0.2) is 0 Å². The first-order chi connectivity index (χ1) is 10.6. The van der Waals surface area contributed by atoms with Crippen LogP contribution in [-0.4, -0.2) is 16.4 Å². The van der Waals surface area contributed by atoms with E-state index in [9.17, 15) is 5.26 Å². The molecule has 1 aliphatic heterocycles. The van der Waals surface area contributed by atoms with Gasteiger partial charge in [-0.3, -0.25) is 0 Å². The predicted octanol–water partition coefficient (Wildman–Crippen LogP) is 4.05. The molecular formula is C18H21N3O. The van der Waals surface area contributed by atoms with Crippen LogP contribution in [0.2, 0.25) is 0 Å². The van der Waals surface area contributed by atoms with Crippen molar-refractivity contribution in [3.63, 3.8) is 0 Å². The van der Waals surface area contributed by atoms with E-state index < -0.39 is 5.41 Å². The summed E-state index contributed by atoms with van der Waals surface area (Å²) in [6.07, 6.45) is 7.34. The zero-order valence-corrected chi connectivity index (χ0v) is 13.1. The SMILES string of the molecule is CC(C)(C#N)c1ccc(-c2cnn(C3CCCCO3)c2)cc1. The van der Waals surface area contributed by atoms with Crippen LogP contribution in [0.5, 0.6) is 0 Å². The lowest BCUT2D eigenvalue weighted by molar-refractivity contribution is -0.0394. The molecule has 1 fully saturated rings. The van der Waals surface area contributed by atoms with Gasteiger partial charge in [-0.2, -0.15) is 10.4 Å². The third kappa shape index (κ3) is 2.90. The highest BCUT2D eigenvalue weighted by molar-refractivity contribution is 5.62. The Morgan fingerprint density at radius 3 is 2.64 bits per heavy atom. The highest BCUT2D eigenvalue weighted by atomic mass is 16.5. The Morgan fingerprint density at radius 1 is 1.23 bits per heavy atom. The number of benzene rings is 1. The summed E-state index contributed by atoms with van der Waals surface area (Å²) in [7, 11) is 0. The third-order valence-corrected chi connectivity index (χ3v) is 4.27. The molecule has 1 aromatic carbocycles. The van der Waals surface area contributed by atoms with E-state index in [-0.39, 0.29) is 6.23 Å². The second kappa shape index (κ2) is 5.94. The van der Waals surface area contributed by atoms with Gasteiger partial charge in [0, 0.05) is 18.4 Å². The van der Waals surface area contributed by atoms with Gasteiger partial charge in [0.1, 0.15) is 6.23 Å². The van der Waals surface area contributed by atoms with Gasteiger partial charge in [-0.1, -0.05) is 24.3 Å². The molecule has 0 bridgehead atoms. The lowest BCUT2D eigenvalue weighted by atomic mass is 9.86. The molecule has 1 atom stereocenters. The van der Waals surface area contributed by atoms with Crippen LogP contribution in [-0.2, 0) is 10.2 Å². The Morgan fingerprint density at radius 2 is 2.00 bits per heavy atom. The van der Waals surface area contributed by atoms with Gasteiger partial charge in [0.2, 0.25) is 0 Å². The van der Waals surface area contributed by atoms with Crippen LogP contribution >= 0.6 is 0 Å². The third-order valence-electron chi connectivity index (χ3n) is 4.27. The summed E-state index contributed by atoms with van der Waals surface area (Å²) in [6, 6.07) is 10.5. The normalized spacial score (nSPS) is 18.9. The van der Waals surface area contributed by atoms with Gasteiger partial charge in [-0.05, 0) is 44.2 Å². The smallest absolute Gasteiger partial charge is 0.150 e. The lowest BCUT2D eigenvalue weighted by Gasteiger charge is -2.22. The van der Waals surface area contributed by atoms with Crippen LogP contribution in [0.1, 0.15) is 44.9 Å². The largest absolute Gasteiger partial charge is 0.357 e. The van der Waals surface area contributed by atoms with Gasteiger partial charge in [0.25, 0.3) is 0 Å². The van der Waals surface area contributed by atoms with Crippen molar-refractivity contribution in [1.29, 1.82) is 5.26 Å². The zero-order chi connectivity index (χ0) is 15.6. The first kappa shape index (κ1) is 14.8. The van der Waals surface area contributed by atoms with E-state index in [1.165, 1.54) is 6.42 Å². The van der Waals surface area contributed by atoms with Gasteiger partial charge in [0.05, 0.1) is 17.7 Å². The van der Waals surface area contributed by atoms with E-state index in [4.69, 9.17) is 4.74 Å². The summed E-state index contributed by atoms with van der Waals surface area (Å²) < 4.78 is 7.67. The van der Waals surface area contributed by atoms with E-state index in [0.717, 1.165) is 36.1 Å². The molecule has 22 heavy (non-hydrogen) atoms. The number of hydrogen-bond acceptors (Lipinski definition) is 3.